The van der Waals surface area contributed by atoms with Crippen molar-refractivity contribution in [3.05, 3.63) is 18.6 Å². The fraction of sp³-hybridized carbons (Fsp3) is 0.650. The lowest BCUT2D eigenvalue weighted by atomic mass is 9.66. The number of hydrogen-bond acceptors (Lipinski definition) is 6. The Morgan fingerprint density at radius 3 is 2.70 bits per heavy atom. The van der Waals surface area contributed by atoms with Gasteiger partial charge in [-0.25, -0.2) is 9.97 Å². The van der Waals surface area contributed by atoms with Crippen LogP contribution in [0.25, 0.3) is 11.0 Å². The molecular formula is C20H30N6O. The number of carbonyl (C=O) groups excluding carboxylic acids is 1. The van der Waals surface area contributed by atoms with E-state index in [1.165, 1.54) is 38.5 Å². The zero-order valence-electron chi connectivity index (χ0n) is 16.3. The van der Waals surface area contributed by atoms with Gasteiger partial charge in [0.15, 0.2) is 6.29 Å². The van der Waals surface area contributed by atoms with Gasteiger partial charge in [0.2, 0.25) is 0 Å². The quantitative estimate of drug-likeness (QED) is 0.786. The van der Waals surface area contributed by atoms with E-state index in [-0.39, 0.29) is 6.17 Å². The highest BCUT2D eigenvalue weighted by Gasteiger charge is 2.40. The molecule has 0 aromatic carbocycles. The summed E-state index contributed by atoms with van der Waals surface area (Å²) in [6, 6.07) is 2.59. The first-order valence-corrected chi connectivity index (χ1v) is 10.0. The summed E-state index contributed by atoms with van der Waals surface area (Å²) in [5.41, 5.74) is 1.37. The predicted molar refractivity (Wildman–Crippen MR) is 107 cm³/mol. The number of aromatic nitrogens is 3. The SMILES string of the molecule is CN[C@H](C=O)N1CCC2(CCC(N(C)c3ncnc4[nH]ccc34)CC2)CC1. The molecule has 0 amide bonds. The van der Waals surface area contributed by atoms with E-state index in [0.29, 0.717) is 11.5 Å². The number of aromatic amines is 1. The summed E-state index contributed by atoms with van der Waals surface area (Å²) >= 11 is 0. The van der Waals surface area contributed by atoms with Crippen molar-refractivity contribution in [2.24, 2.45) is 5.41 Å². The van der Waals surface area contributed by atoms with Gasteiger partial charge >= 0.3 is 0 Å². The summed E-state index contributed by atoms with van der Waals surface area (Å²) in [5, 5.41) is 4.20. The molecule has 3 heterocycles. The topological polar surface area (TPSA) is 77.2 Å². The van der Waals surface area contributed by atoms with Crippen molar-refractivity contribution in [3.8, 4) is 0 Å². The van der Waals surface area contributed by atoms with Crippen LogP contribution in [0.2, 0.25) is 0 Å². The second-order valence-electron chi connectivity index (χ2n) is 8.18. The summed E-state index contributed by atoms with van der Waals surface area (Å²) in [4.78, 5) is 27.9. The first-order valence-electron chi connectivity index (χ1n) is 10.0. The maximum absolute atomic E-state index is 11.2. The van der Waals surface area contributed by atoms with Crippen LogP contribution in [0.15, 0.2) is 18.6 Å². The van der Waals surface area contributed by atoms with Crippen LogP contribution in [-0.2, 0) is 4.79 Å². The van der Waals surface area contributed by atoms with Crippen LogP contribution in [-0.4, -0.2) is 65.5 Å². The Bertz CT molecular complexity index is 772. The molecule has 1 spiro atoms. The smallest absolute Gasteiger partial charge is 0.151 e. The Hall–Kier alpha value is -1.99. The molecule has 2 aromatic rings. The summed E-state index contributed by atoms with van der Waals surface area (Å²) in [6.45, 7) is 2.03. The Morgan fingerprint density at radius 1 is 1.30 bits per heavy atom. The molecule has 27 heavy (non-hydrogen) atoms. The third-order valence-corrected chi connectivity index (χ3v) is 6.91. The molecular weight excluding hydrogens is 340 g/mol. The number of nitrogens with one attached hydrogen (secondary N) is 2. The van der Waals surface area contributed by atoms with E-state index in [9.17, 15) is 4.79 Å². The van der Waals surface area contributed by atoms with Crippen molar-refractivity contribution in [2.45, 2.75) is 50.7 Å². The number of H-pyrrole nitrogens is 1. The summed E-state index contributed by atoms with van der Waals surface area (Å²) in [7, 11) is 4.03. The molecule has 0 bridgehead atoms. The van der Waals surface area contributed by atoms with Gasteiger partial charge in [-0.15, -0.1) is 0 Å². The monoisotopic (exact) mass is 370 g/mol. The molecule has 0 unspecified atom stereocenters. The van der Waals surface area contributed by atoms with Crippen LogP contribution >= 0.6 is 0 Å². The minimum atomic E-state index is -0.133. The molecule has 1 saturated carbocycles. The van der Waals surface area contributed by atoms with Crippen molar-refractivity contribution < 1.29 is 4.79 Å². The number of aldehydes is 1. The van der Waals surface area contributed by atoms with Gasteiger partial charge in [0.1, 0.15) is 24.0 Å². The lowest BCUT2D eigenvalue weighted by Crippen LogP contribution is -2.52. The number of likely N-dealkylation sites (tertiary alicyclic amines) is 1. The third-order valence-electron chi connectivity index (χ3n) is 6.91. The maximum atomic E-state index is 11.2. The predicted octanol–water partition coefficient (Wildman–Crippen LogP) is 2.16. The zero-order chi connectivity index (χ0) is 18.9. The van der Waals surface area contributed by atoms with Crippen molar-refractivity contribution in [2.75, 3.05) is 32.1 Å². The fourth-order valence-electron chi connectivity index (χ4n) is 5.03. The minimum absolute atomic E-state index is 0.133. The summed E-state index contributed by atoms with van der Waals surface area (Å²) in [5.74, 6) is 1.03. The number of rotatable bonds is 5. The van der Waals surface area contributed by atoms with E-state index in [2.05, 4.69) is 43.2 Å². The molecule has 1 aliphatic carbocycles. The number of piperidine rings is 1. The van der Waals surface area contributed by atoms with Gasteiger partial charge in [0.25, 0.3) is 0 Å². The number of nitrogens with zero attached hydrogens (tertiary/aromatic N) is 4. The van der Waals surface area contributed by atoms with Gasteiger partial charge in [-0.05, 0) is 57.1 Å². The normalized spacial score (nSPS) is 22.1. The highest BCUT2D eigenvalue weighted by Crippen LogP contribution is 2.46. The van der Waals surface area contributed by atoms with Crippen LogP contribution in [0.3, 0.4) is 0 Å². The highest BCUT2D eigenvalue weighted by atomic mass is 16.1. The Balaban J connectivity index is 1.38. The number of likely N-dealkylation sites (N-methyl/N-ethyl adjacent to an activating group) is 1. The number of carbonyl (C=O) groups is 1. The van der Waals surface area contributed by atoms with Gasteiger partial charge in [-0.2, -0.15) is 0 Å². The molecule has 1 aliphatic heterocycles. The molecule has 2 aromatic heterocycles. The van der Waals surface area contributed by atoms with Gasteiger partial charge < -0.3 is 14.7 Å². The standard InChI is InChI=1S/C20H30N6O/c1-21-17(13-27)26-11-8-20(9-12-26)6-3-15(4-7-20)25(2)19-16-5-10-22-18(16)23-14-24-19/h5,10,13-15,17,21H,3-4,6-9,11-12H2,1-2H3,(H,22,23,24)/t17-/m0/s1. The van der Waals surface area contributed by atoms with E-state index in [4.69, 9.17) is 0 Å². The highest BCUT2D eigenvalue weighted by molar-refractivity contribution is 5.87. The van der Waals surface area contributed by atoms with Crippen molar-refractivity contribution in [1.82, 2.24) is 25.2 Å². The molecule has 1 atom stereocenters. The van der Waals surface area contributed by atoms with Crippen LogP contribution < -0.4 is 10.2 Å². The van der Waals surface area contributed by atoms with Crippen LogP contribution in [0.1, 0.15) is 38.5 Å². The van der Waals surface area contributed by atoms with E-state index in [1.807, 2.05) is 13.2 Å². The van der Waals surface area contributed by atoms with Gasteiger partial charge in [-0.3, -0.25) is 10.2 Å². The third kappa shape index (κ3) is 3.46. The largest absolute Gasteiger partial charge is 0.356 e. The lowest BCUT2D eigenvalue weighted by molar-refractivity contribution is -0.114. The molecule has 1 saturated heterocycles. The number of anilines is 1. The Labute approximate surface area is 160 Å². The van der Waals surface area contributed by atoms with Crippen molar-refractivity contribution in [3.63, 3.8) is 0 Å². The summed E-state index contributed by atoms with van der Waals surface area (Å²) in [6.07, 6.45) is 11.8. The molecule has 7 heteroatoms. The second kappa shape index (κ2) is 7.56. The van der Waals surface area contributed by atoms with Crippen molar-refractivity contribution in [1.29, 1.82) is 0 Å². The van der Waals surface area contributed by atoms with E-state index in [0.717, 1.165) is 36.2 Å². The average molecular weight is 371 g/mol. The van der Waals surface area contributed by atoms with Gasteiger partial charge in [0, 0.05) is 32.4 Å². The minimum Gasteiger partial charge on any atom is -0.356 e. The first kappa shape index (κ1) is 18.4. The van der Waals surface area contributed by atoms with Crippen molar-refractivity contribution >= 4 is 23.1 Å². The van der Waals surface area contributed by atoms with Crippen LogP contribution in [0, 0.1) is 5.41 Å². The number of hydrogen-bond donors (Lipinski definition) is 2. The van der Waals surface area contributed by atoms with Crippen LogP contribution in [0.4, 0.5) is 5.82 Å². The Morgan fingerprint density at radius 2 is 2.04 bits per heavy atom. The molecule has 146 valence electrons. The number of fused-ring (bicyclic) bond motifs is 1. The molecule has 4 rings (SSSR count). The molecule has 7 nitrogen and oxygen atoms in total. The van der Waals surface area contributed by atoms with E-state index in [1.54, 1.807) is 6.33 Å². The van der Waals surface area contributed by atoms with E-state index >= 15 is 0 Å². The second-order valence-corrected chi connectivity index (χ2v) is 8.18. The zero-order valence-corrected chi connectivity index (χ0v) is 16.3. The van der Waals surface area contributed by atoms with E-state index < -0.39 is 0 Å². The first-order chi connectivity index (χ1) is 13.2. The molecule has 0 radical (unpaired) electrons. The molecule has 2 fully saturated rings. The Kier molecular flexibility index (Phi) is 5.14. The fourth-order valence-corrected chi connectivity index (χ4v) is 5.03. The average Bonchev–Trinajstić information content (AvgIpc) is 3.19. The summed E-state index contributed by atoms with van der Waals surface area (Å²) < 4.78 is 0. The van der Waals surface area contributed by atoms with Crippen LogP contribution in [0.5, 0.6) is 0 Å². The van der Waals surface area contributed by atoms with Gasteiger partial charge in [0.05, 0.1) is 5.39 Å². The molecule has 2 aliphatic rings. The van der Waals surface area contributed by atoms with Gasteiger partial charge in [-0.1, -0.05) is 0 Å². The molecule has 2 N–H and O–H groups in total. The lowest BCUT2D eigenvalue weighted by Gasteiger charge is -2.48. The maximum Gasteiger partial charge on any atom is 0.151 e.